The van der Waals surface area contributed by atoms with Crippen LogP contribution in [0.5, 0.6) is 23.0 Å². The van der Waals surface area contributed by atoms with Crippen LogP contribution in [0.3, 0.4) is 0 Å². The summed E-state index contributed by atoms with van der Waals surface area (Å²) in [5.41, 5.74) is 0.593. The summed E-state index contributed by atoms with van der Waals surface area (Å²) in [5.74, 6) is 1.97. The number of alkyl halides is 1. The van der Waals surface area contributed by atoms with Crippen molar-refractivity contribution in [2.45, 2.75) is 50.8 Å². The van der Waals surface area contributed by atoms with Gasteiger partial charge in [-0.15, -0.1) is 11.6 Å². The quantitative estimate of drug-likeness (QED) is 0.485. The number of amides is 2. The maximum atomic E-state index is 13.9. The molecular formula is C28H35ClN2O6. The molecule has 9 heteroatoms. The second kappa shape index (κ2) is 12.4. The van der Waals surface area contributed by atoms with E-state index in [1.165, 1.54) is 12.0 Å². The summed E-state index contributed by atoms with van der Waals surface area (Å²) in [5, 5.41) is 3.20. The van der Waals surface area contributed by atoms with Crippen LogP contribution in [0, 0.1) is 5.92 Å². The molecule has 1 aliphatic carbocycles. The average molecular weight is 531 g/mol. The number of halogens is 1. The third-order valence-electron chi connectivity index (χ3n) is 7.05. The molecule has 1 heterocycles. The van der Waals surface area contributed by atoms with E-state index in [1.807, 2.05) is 24.3 Å². The maximum absolute atomic E-state index is 13.9. The molecule has 1 saturated carbocycles. The van der Waals surface area contributed by atoms with Gasteiger partial charge in [-0.2, -0.15) is 0 Å². The number of benzene rings is 2. The average Bonchev–Trinajstić information content (AvgIpc) is 2.93. The Hall–Kier alpha value is -3.13. The van der Waals surface area contributed by atoms with Crippen LogP contribution < -0.4 is 24.3 Å². The number of fused-ring (bicyclic) bond motifs is 1. The fourth-order valence-electron chi connectivity index (χ4n) is 4.98. The zero-order chi connectivity index (χ0) is 26.4. The molecule has 37 heavy (non-hydrogen) atoms. The highest BCUT2D eigenvalue weighted by Crippen LogP contribution is 2.35. The Bertz CT molecular complexity index is 1090. The van der Waals surface area contributed by atoms with Gasteiger partial charge in [0.15, 0.2) is 29.1 Å². The lowest BCUT2D eigenvalue weighted by Gasteiger charge is -2.36. The van der Waals surface area contributed by atoms with Gasteiger partial charge in [0.05, 0.1) is 20.8 Å². The van der Waals surface area contributed by atoms with Crippen LogP contribution in [0.2, 0.25) is 0 Å². The molecule has 0 unspecified atom stereocenters. The molecule has 0 bridgehead atoms. The van der Waals surface area contributed by atoms with Gasteiger partial charge in [0, 0.05) is 6.04 Å². The first kappa shape index (κ1) is 26.9. The molecule has 2 aromatic carbocycles. The lowest BCUT2D eigenvalue weighted by atomic mass is 9.87. The minimum absolute atomic E-state index is 0.0560. The summed E-state index contributed by atoms with van der Waals surface area (Å²) in [7, 11) is 3.08. The summed E-state index contributed by atoms with van der Waals surface area (Å²) in [6, 6.07) is 11.7. The Morgan fingerprint density at radius 2 is 1.76 bits per heavy atom. The number of methoxy groups -OCH3 is 2. The summed E-state index contributed by atoms with van der Waals surface area (Å²) in [4.78, 5) is 28.6. The van der Waals surface area contributed by atoms with Gasteiger partial charge in [-0.3, -0.25) is 9.59 Å². The summed E-state index contributed by atoms with van der Waals surface area (Å²) in [6.45, 7) is 2.59. The highest BCUT2D eigenvalue weighted by atomic mass is 35.5. The normalized spacial score (nSPS) is 21.5. The van der Waals surface area contributed by atoms with Gasteiger partial charge in [0.25, 0.3) is 0 Å². The van der Waals surface area contributed by atoms with Crippen LogP contribution in [0.15, 0.2) is 42.5 Å². The number of hydrogen-bond donors (Lipinski definition) is 1. The first-order valence-electron chi connectivity index (χ1n) is 12.7. The summed E-state index contributed by atoms with van der Waals surface area (Å²) >= 11 is 6.06. The van der Waals surface area contributed by atoms with Gasteiger partial charge < -0.3 is 29.2 Å². The number of rotatable bonds is 9. The van der Waals surface area contributed by atoms with Crippen LogP contribution in [-0.2, 0) is 9.59 Å². The molecule has 4 rings (SSSR count). The van der Waals surface area contributed by atoms with Crippen molar-refractivity contribution in [2.24, 2.45) is 5.92 Å². The zero-order valence-electron chi connectivity index (χ0n) is 21.6. The molecule has 0 saturated heterocycles. The van der Waals surface area contributed by atoms with Gasteiger partial charge >= 0.3 is 0 Å². The predicted molar refractivity (Wildman–Crippen MR) is 141 cm³/mol. The molecule has 2 aromatic rings. The molecule has 1 aliphatic heterocycles. The number of hydrogen-bond acceptors (Lipinski definition) is 6. The lowest BCUT2D eigenvalue weighted by molar-refractivity contribution is -0.141. The highest BCUT2D eigenvalue weighted by Gasteiger charge is 2.36. The standard InChI is InChI=1S/C28H35ClN2O6/c1-18-8-11-20(12-9-18)30-28(33)27(19-10-13-22(34-2)25(14-19)35-3)31(26(32)15-29)16-21-17-36-23-6-4-5-7-24(23)37-21/h4-7,10,13-14,18,20-21,27H,8-9,11-12,15-17H2,1-3H3,(H,30,33)/t18?,20?,21-,27+/m1/s1. The largest absolute Gasteiger partial charge is 0.493 e. The van der Waals surface area contributed by atoms with Crippen molar-refractivity contribution in [3.05, 3.63) is 48.0 Å². The SMILES string of the molecule is COc1ccc([C@@H](C(=O)NC2CCC(C)CC2)N(C[C@@H]2COc3ccccc3O2)C(=O)CCl)cc1OC. The molecule has 8 nitrogen and oxygen atoms in total. The Balaban J connectivity index is 1.65. The van der Waals surface area contributed by atoms with Crippen molar-refractivity contribution in [1.29, 1.82) is 0 Å². The van der Waals surface area contributed by atoms with Crippen LogP contribution in [0.1, 0.15) is 44.2 Å². The van der Waals surface area contributed by atoms with Crippen LogP contribution in [-0.4, -0.2) is 62.1 Å². The van der Waals surface area contributed by atoms with Gasteiger partial charge in [0.2, 0.25) is 11.8 Å². The first-order valence-corrected chi connectivity index (χ1v) is 13.2. The van der Waals surface area contributed by atoms with E-state index in [2.05, 4.69) is 12.2 Å². The molecule has 1 N–H and O–H groups in total. The smallest absolute Gasteiger partial charge is 0.247 e. The minimum Gasteiger partial charge on any atom is -0.493 e. The Morgan fingerprint density at radius 3 is 2.43 bits per heavy atom. The second-order valence-electron chi connectivity index (χ2n) is 9.66. The van der Waals surface area contributed by atoms with Gasteiger partial charge in [0.1, 0.15) is 18.5 Å². The van der Waals surface area contributed by atoms with Crippen molar-refractivity contribution in [1.82, 2.24) is 10.2 Å². The topological polar surface area (TPSA) is 86.3 Å². The molecule has 0 radical (unpaired) electrons. The molecule has 1 fully saturated rings. The van der Waals surface area contributed by atoms with Crippen molar-refractivity contribution < 1.29 is 28.5 Å². The van der Waals surface area contributed by atoms with Crippen molar-refractivity contribution >= 4 is 23.4 Å². The zero-order valence-corrected chi connectivity index (χ0v) is 22.3. The van der Waals surface area contributed by atoms with E-state index in [1.54, 1.807) is 25.3 Å². The Kier molecular flexibility index (Phi) is 9.03. The molecule has 200 valence electrons. The van der Waals surface area contributed by atoms with E-state index in [-0.39, 0.29) is 36.9 Å². The monoisotopic (exact) mass is 530 g/mol. The number of nitrogens with one attached hydrogen (secondary N) is 1. The number of para-hydroxylation sites is 2. The van der Waals surface area contributed by atoms with Gasteiger partial charge in [-0.25, -0.2) is 0 Å². The van der Waals surface area contributed by atoms with Gasteiger partial charge in [-0.1, -0.05) is 25.1 Å². The second-order valence-corrected chi connectivity index (χ2v) is 9.93. The number of carbonyl (C=O) groups excluding carboxylic acids is 2. The summed E-state index contributed by atoms with van der Waals surface area (Å²) in [6.07, 6.45) is 3.45. The highest BCUT2D eigenvalue weighted by molar-refractivity contribution is 6.27. The number of ether oxygens (including phenoxy) is 4. The van der Waals surface area contributed by atoms with Crippen molar-refractivity contribution in [3.63, 3.8) is 0 Å². The molecule has 0 spiro atoms. The van der Waals surface area contributed by atoms with Crippen LogP contribution >= 0.6 is 11.6 Å². The van der Waals surface area contributed by atoms with E-state index >= 15 is 0 Å². The van der Waals surface area contributed by atoms with Crippen molar-refractivity contribution in [3.8, 4) is 23.0 Å². The van der Waals surface area contributed by atoms with E-state index < -0.39 is 12.1 Å². The fourth-order valence-corrected chi connectivity index (χ4v) is 5.13. The first-order chi connectivity index (χ1) is 17.9. The van der Waals surface area contributed by atoms with Crippen LogP contribution in [0.25, 0.3) is 0 Å². The minimum atomic E-state index is -0.939. The van der Waals surface area contributed by atoms with Crippen LogP contribution in [0.4, 0.5) is 0 Å². The lowest BCUT2D eigenvalue weighted by Crippen LogP contribution is -2.51. The third-order valence-corrected chi connectivity index (χ3v) is 7.28. The Labute approximate surface area is 223 Å². The van der Waals surface area contributed by atoms with E-state index in [0.29, 0.717) is 34.5 Å². The fraction of sp³-hybridized carbons (Fsp3) is 0.500. The molecule has 0 aromatic heterocycles. The molecule has 2 atom stereocenters. The molecule has 2 aliphatic rings. The molecule has 2 amide bonds. The number of nitrogens with zero attached hydrogens (tertiary/aromatic N) is 1. The van der Waals surface area contributed by atoms with E-state index in [0.717, 1.165) is 25.7 Å². The van der Waals surface area contributed by atoms with E-state index in [9.17, 15) is 9.59 Å². The van der Waals surface area contributed by atoms with Gasteiger partial charge in [-0.05, 0) is 61.4 Å². The predicted octanol–water partition coefficient (Wildman–Crippen LogP) is 4.35. The molecular weight excluding hydrogens is 496 g/mol. The van der Waals surface area contributed by atoms with Crippen molar-refractivity contribution in [2.75, 3.05) is 33.3 Å². The maximum Gasteiger partial charge on any atom is 0.247 e. The van der Waals surface area contributed by atoms with E-state index in [4.69, 9.17) is 30.5 Å². The number of carbonyl (C=O) groups is 2. The third kappa shape index (κ3) is 6.42. The Morgan fingerprint density at radius 1 is 1.05 bits per heavy atom. The summed E-state index contributed by atoms with van der Waals surface area (Å²) < 4.78 is 22.9.